The molecule has 2 aromatic rings. The summed E-state index contributed by atoms with van der Waals surface area (Å²) in [5.74, 6) is 0.248. The fourth-order valence-electron chi connectivity index (χ4n) is 2.74. The zero-order valence-electron chi connectivity index (χ0n) is 12.8. The van der Waals surface area contributed by atoms with Gasteiger partial charge in [-0.1, -0.05) is 23.7 Å². The predicted molar refractivity (Wildman–Crippen MR) is 90.7 cm³/mol. The first-order valence-corrected chi connectivity index (χ1v) is 7.89. The van der Waals surface area contributed by atoms with E-state index < -0.39 is 4.92 Å². The lowest BCUT2D eigenvalue weighted by Gasteiger charge is -2.29. The molecule has 24 heavy (non-hydrogen) atoms. The molecule has 0 aliphatic carbocycles. The van der Waals surface area contributed by atoms with Crippen LogP contribution >= 0.6 is 11.6 Å². The van der Waals surface area contributed by atoms with Gasteiger partial charge in [-0.15, -0.1) is 0 Å². The maximum atomic E-state index is 12.5. The number of amides is 1. The van der Waals surface area contributed by atoms with E-state index in [1.165, 1.54) is 12.1 Å². The van der Waals surface area contributed by atoms with Gasteiger partial charge in [0.05, 0.1) is 9.95 Å². The van der Waals surface area contributed by atoms with E-state index in [1.807, 2.05) is 0 Å². The van der Waals surface area contributed by atoms with Crippen LogP contribution in [-0.2, 0) is 11.2 Å². The molecule has 1 aliphatic rings. The number of ether oxygens (including phenoxy) is 1. The van der Waals surface area contributed by atoms with Crippen molar-refractivity contribution in [2.24, 2.45) is 0 Å². The van der Waals surface area contributed by atoms with Gasteiger partial charge in [-0.05, 0) is 36.6 Å². The van der Waals surface area contributed by atoms with E-state index in [4.69, 9.17) is 16.3 Å². The van der Waals surface area contributed by atoms with Gasteiger partial charge in [0.2, 0.25) is 0 Å². The summed E-state index contributed by atoms with van der Waals surface area (Å²) in [6.07, 6.45) is 1.47. The van der Waals surface area contributed by atoms with Gasteiger partial charge in [0, 0.05) is 24.4 Å². The Bertz CT molecular complexity index is 794. The number of aryl methyl sites for hydroxylation is 1. The number of halogens is 1. The fraction of sp³-hybridized carbons (Fsp3) is 0.235. The number of benzene rings is 2. The number of para-hydroxylation sites is 1. The lowest BCUT2D eigenvalue weighted by Crippen LogP contribution is -2.38. The van der Waals surface area contributed by atoms with Crippen molar-refractivity contribution in [2.75, 3.05) is 18.1 Å². The van der Waals surface area contributed by atoms with E-state index in [9.17, 15) is 14.9 Å². The quantitative estimate of drug-likeness (QED) is 0.626. The van der Waals surface area contributed by atoms with E-state index in [0.29, 0.717) is 29.4 Å². The van der Waals surface area contributed by atoms with Crippen LogP contribution in [0.25, 0.3) is 0 Å². The molecule has 0 saturated carbocycles. The Morgan fingerprint density at radius 1 is 1.29 bits per heavy atom. The molecule has 0 spiro atoms. The number of anilines is 1. The molecule has 2 aromatic carbocycles. The van der Waals surface area contributed by atoms with Crippen LogP contribution in [-0.4, -0.2) is 24.0 Å². The van der Waals surface area contributed by atoms with Crippen LogP contribution in [0.3, 0.4) is 0 Å². The number of carbonyl (C=O) groups is 1. The van der Waals surface area contributed by atoms with Crippen molar-refractivity contribution >= 4 is 28.9 Å². The highest BCUT2D eigenvalue weighted by Crippen LogP contribution is 2.31. The Kier molecular flexibility index (Phi) is 4.66. The minimum Gasteiger partial charge on any atom is -0.482 e. The molecule has 0 aromatic heterocycles. The number of carbonyl (C=O) groups excluding carboxylic acids is 1. The molecular formula is C17H15ClN2O4. The number of fused-ring (bicyclic) bond motifs is 1. The summed E-state index contributed by atoms with van der Waals surface area (Å²) in [4.78, 5) is 24.6. The Balaban J connectivity index is 1.75. The summed E-state index contributed by atoms with van der Waals surface area (Å²) >= 11 is 6.01. The average Bonchev–Trinajstić information content (AvgIpc) is 2.59. The number of non-ortho nitro benzene ring substituents is 1. The Morgan fingerprint density at radius 3 is 2.83 bits per heavy atom. The van der Waals surface area contributed by atoms with Gasteiger partial charge in [0.15, 0.2) is 6.61 Å². The molecular weight excluding hydrogens is 332 g/mol. The van der Waals surface area contributed by atoms with Gasteiger partial charge in [-0.3, -0.25) is 14.9 Å². The van der Waals surface area contributed by atoms with Gasteiger partial charge >= 0.3 is 0 Å². The third-order valence-electron chi connectivity index (χ3n) is 3.88. The largest absolute Gasteiger partial charge is 0.482 e. The minimum atomic E-state index is -0.429. The van der Waals surface area contributed by atoms with Crippen molar-refractivity contribution < 1.29 is 14.5 Å². The molecule has 0 bridgehead atoms. The number of rotatable bonds is 4. The van der Waals surface area contributed by atoms with Gasteiger partial charge in [0.25, 0.3) is 11.6 Å². The van der Waals surface area contributed by atoms with E-state index in [-0.39, 0.29) is 18.2 Å². The van der Waals surface area contributed by atoms with Crippen LogP contribution in [0.2, 0.25) is 5.02 Å². The van der Waals surface area contributed by atoms with Gasteiger partial charge in [0.1, 0.15) is 5.75 Å². The standard InChI is InChI=1S/C17H15ClN2O4/c18-14-5-1-2-6-16(14)24-11-17(21)19-9-3-4-12-10-13(20(22)23)7-8-15(12)19/h1-2,5-8,10H,3-4,9,11H2. The second-order valence-electron chi connectivity index (χ2n) is 5.44. The number of hydrogen-bond donors (Lipinski definition) is 0. The molecule has 1 heterocycles. The summed E-state index contributed by atoms with van der Waals surface area (Å²) in [6, 6.07) is 11.5. The zero-order valence-corrected chi connectivity index (χ0v) is 13.5. The molecule has 1 aliphatic heterocycles. The Labute approximate surface area is 143 Å². The minimum absolute atomic E-state index is 0.0374. The van der Waals surface area contributed by atoms with Crippen LogP contribution in [0, 0.1) is 10.1 Å². The highest BCUT2D eigenvalue weighted by atomic mass is 35.5. The highest BCUT2D eigenvalue weighted by molar-refractivity contribution is 6.32. The number of nitrogens with zero attached hydrogens (tertiary/aromatic N) is 2. The highest BCUT2D eigenvalue weighted by Gasteiger charge is 2.24. The average molecular weight is 347 g/mol. The lowest BCUT2D eigenvalue weighted by molar-refractivity contribution is -0.384. The molecule has 0 saturated heterocycles. The summed E-state index contributed by atoms with van der Waals surface area (Å²) < 4.78 is 5.50. The third kappa shape index (κ3) is 3.33. The second-order valence-corrected chi connectivity index (χ2v) is 5.85. The van der Waals surface area contributed by atoms with Gasteiger partial charge in [-0.25, -0.2) is 0 Å². The topological polar surface area (TPSA) is 72.7 Å². The van der Waals surface area contributed by atoms with E-state index in [0.717, 1.165) is 12.0 Å². The summed E-state index contributed by atoms with van der Waals surface area (Å²) in [5.41, 5.74) is 1.55. The first kappa shape index (κ1) is 16.3. The van der Waals surface area contributed by atoms with Crippen LogP contribution in [0.4, 0.5) is 11.4 Å². The third-order valence-corrected chi connectivity index (χ3v) is 4.19. The number of hydrogen-bond acceptors (Lipinski definition) is 4. The van der Waals surface area contributed by atoms with Gasteiger partial charge < -0.3 is 9.64 Å². The molecule has 1 amide bonds. The second kappa shape index (κ2) is 6.88. The molecule has 124 valence electrons. The van der Waals surface area contributed by atoms with E-state index in [1.54, 1.807) is 35.2 Å². The van der Waals surface area contributed by atoms with Crippen LogP contribution in [0.15, 0.2) is 42.5 Å². The van der Waals surface area contributed by atoms with Crippen molar-refractivity contribution in [1.82, 2.24) is 0 Å². The Hall–Kier alpha value is -2.60. The SMILES string of the molecule is O=C(COc1ccccc1Cl)N1CCCc2cc([N+](=O)[O-])ccc21. The maximum absolute atomic E-state index is 12.5. The molecule has 7 heteroatoms. The zero-order chi connectivity index (χ0) is 17.1. The fourth-order valence-corrected chi connectivity index (χ4v) is 2.93. The molecule has 0 unspecified atom stereocenters. The predicted octanol–water partition coefficient (Wildman–Crippen LogP) is 3.61. The molecule has 0 radical (unpaired) electrons. The van der Waals surface area contributed by atoms with Crippen LogP contribution < -0.4 is 9.64 Å². The summed E-state index contributed by atoms with van der Waals surface area (Å²) in [7, 11) is 0. The van der Waals surface area contributed by atoms with Crippen molar-refractivity contribution in [1.29, 1.82) is 0 Å². The van der Waals surface area contributed by atoms with Crippen molar-refractivity contribution in [3.8, 4) is 5.75 Å². The monoisotopic (exact) mass is 346 g/mol. The van der Waals surface area contributed by atoms with Crippen molar-refractivity contribution in [3.63, 3.8) is 0 Å². The molecule has 6 nitrogen and oxygen atoms in total. The van der Waals surface area contributed by atoms with Crippen molar-refractivity contribution in [2.45, 2.75) is 12.8 Å². The molecule has 0 atom stereocenters. The van der Waals surface area contributed by atoms with E-state index >= 15 is 0 Å². The number of nitro groups is 1. The summed E-state index contributed by atoms with van der Waals surface area (Å²) in [5, 5.41) is 11.3. The smallest absolute Gasteiger partial charge is 0.269 e. The van der Waals surface area contributed by atoms with E-state index in [2.05, 4.69) is 0 Å². The van der Waals surface area contributed by atoms with Crippen LogP contribution in [0.1, 0.15) is 12.0 Å². The normalized spacial score (nSPS) is 13.3. The van der Waals surface area contributed by atoms with Gasteiger partial charge in [-0.2, -0.15) is 0 Å². The summed E-state index contributed by atoms with van der Waals surface area (Å²) in [6.45, 7) is 0.426. The first-order valence-electron chi connectivity index (χ1n) is 7.51. The Morgan fingerprint density at radius 2 is 2.08 bits per heavy atom. The van der Waals surface area contributed by atoms with Crippen LogP contribution in [0.5, 0.6) is 5.75 Å². The maximum Gasteiger partial charge on any atom is 0.269 e. The number of nitro benzene ring substituents is 1. The van der Waals surface area contributed by atoms with Crippen molar-refractivity contribution in [3.05, 3.63) is 63.2 Å². The molecule has 0 N–H and O–H groups in total. The molecule has 3 rings (SSSR count). The molecule has 0 fully saturated rings. The first-order chi connectivity index (χ1) is 11.6. The lowest BCUT2D eigenvalue weighted by atomic mass is 10.0.